The number of nitrogens with one attached hydrogen (secondary N) is 1. The van der Waals surface area contributed by atoms with Crippen molar-refractivity contribution in [3.05, 3.63) is 23.8 Å². The van der Waals surface area contributed by atoms with Crippen molar-refractivity contribution in [2.24, 2.45) is 0 Å². The molecule has 1 aromatic carbocycles. The Morgan fingerprint density at radius 1 is 1.07 bits per heavy atom. The molecule has 0 aromatic heterocycles. The second-order valence-electron chi connectivity index (χ2n) is 8.03. The van der Waals surface area contributed by atoms with Crippen LogP contribution in [-0.2, 0) is 6.54 Å². The minimum absolute atomic E-state index is 0.298. The molecule has 5 nitrogen and oxygen atoms in total. The number of benzene rings is 1. The zero-order chi connectivity index (χ0) is 18.9. The number of ether oxygens (including phenoxy) is 2. The molecule has 152 valence electrons. The molecule has 1 saturated carbocycles. The Morgan fingerprint density at radius 3 is 2.52 bits per heavy atom. The van der Waals surface area contributed by atoms with Gasteiger partial charge in [-0.2, -0.15) is 0 Å². The molecule has 1 heterocycles. The number of rotatable bonds is 9. The van der Waals surface area contributed by atoms with Crippen LogP contribution in [0, 0.1) is 0 Å². The molecule has 3 rings (SSSR count). The number of aliphatic hydroxyl groups is 1. The topological polar surface area (TPSA) is 54.0 Å². The van der Waals surface area contributed by atoms with Gasteiger partial charge in [-0.05, 0) is 56.5 Å². The van der Waals surface area contributed by atoms with Gasteiger partial charge in [0.2, 0.25) is 0 Å². The Hall–Kier alpha value is -1.30. The predicted octanol–water partition coefficient (Wildman–Crippen LogP) is 3.34. The summed E-state index contributed by atoms with van der Waals surface area (Å²) in [6, 6.07) is 6.73. The van der Waals surface area contributed by atoms with Gasteiger partial charge >= 0.3 is 0 Å². The molecule has 0 bridgehead atoms. The number of β-amino-alcohol motifs (C(OH)–C–C–N with tert-alkyl or cyclic N) is 1. The van der Waals surface area contributed by atoms with E-state index in [0.29, 0.717) is 19.2 Å². The Labute approximate surface area is 164 Å². The van der Waals surface area contributed by atoms with Crippen molar-refractivity contribution in [2.75, 3.05) is 33.4 Å². The van der Waals surface area contributed by atoms with Crippen LogP contribution in [0.15, 0.2) is 18.2 Å². The van der Waals surface area contributed by atoms with Gasteiger partial charge in [-0.25, -0.2) is 0 Å². The van der Waals surface area contributed by atoms with Crippen LogP contribution in [0.2, 0.25) is 0 Å². The minimum Gasteiger partial charge on any atom is -0.493 e. The van der Waals surface area contributed by atoms with Crippen LogP contribution >= 0.6 is 0 Å². The molecule has 1 aromatic rings. The van der Waals surface area contributed by atoms with Crippen molar-refractivity contribution >= 4 is 0 Å². The third-order valence-electron chi connectivity index (χ3n) is 5.78. The first kappa shape index (κ1) is 20.4. The number of methoxy groups -OCH3 is 1. The lowest BCUT2D eigenvalue weighted by atomic mass is 10.1. The normalized spacial score (nSPS) is 20.4. The first-order valence-corrected chi connectivity index (χ1v) is 10.7. The van der Waals surface area contributed by atoms with Gasteiger partial charge in [0.25, 0.3) is 0 Å². The molecular formula is C22H36N2O3. The van der Waals surface area contributed by atoms with E-state index in [-0.39, 0.29) is 0 Å². The van der Waals surface area contributed by atoms with Gasteiger partial charge in [0, 0.05) is 19.1 Å². The van der Waals surface area contributed by atoms with Crippen LogP contribution in [0.3, 0.4) is 0 Å². The highest BCUT2D eigenvalue weighted by Gasteiger charge is 2.17. The zero-order valence-corrected chi connectivity index (χ0v) is 16.8. The average Bonchev–Trinajstić information content (AvgIpc) is 3.05. The summed E-state index contributed by atoms with van der Waals surface area (Å²) in [5.41, 5.74) is 1.20. The molecular weight excluding hydrogens is 340 g/mol. The fourth-order valence-electron chi connectivity index (χ4n) is 4.19. The molecule has 1 aliphatic carbocycles. The Kier molecular flexibility index (Phi) is 8.24. The van der Waals surface area contributed by atoms with E-state index < -0.39 is 6.10 Å². The summed E-state index contributed by atoms with van der Waals surface area (Å²) in [5.74, 6) is 1.44. The SMILES string of the molecule is COc1ccc(CNC2CCCCCC2)cc1OCC(O)CN1CCCC1. The third kappa shape index (κ3) is 6.66. The smallest absolute Gasteiger partial charge is 0.161 e. The fraction of sp³-hybridized carbons (Fsp3) is 0.727. The summed E-state index contributed by atoms with van der Waals surface area (Å²) in [6.07, 6.45) is 9.98. The third-order valence-corrected chi connectivity index (χ3v) is 5.78. The Morgan fingerprint density at radius 2 is 1.81 bits per heavy atom. The molecule has 0 radical (unpaired) electrons. The first-order valence-electron chi connectivity index (χ1n) is 10.7. The molecule has 1 unspecified atom stereocenters. The highest BCUT2D eigenvalue weighted by molar-refractivity contribution is 5.43. The van der Waals surface area contributed by atoms with Gasteiger partial charge in [0.1, 0.15) is 12.7 Å². The standard InChI is InChI=1S/C22H36N2O3/c1-26-21-11-10-18(15-23-19-8-4-2-3-5-9-19)14-22(21)27-17-20(25)16-24-12-6-7-13-24/h10-11,14,19-20,23,25H,2-9,12-13,15-17H2,1H3. The van der Waals surface area contributed by atoms with Crippen molar-refractivity contribution in [3.8, 4) is 11.5 Å². The van der Waals surface area contributed by atoms with Crippen LogP contribution in [0.5, 0.6) is 11.5 Å². The molecule has 1 aliphatic heterocycles. The van der Waals surface area contributed by atoms with Crippen molar-refractivity contribution in [1.82, 2.24) is 10.2 Å². The van der Waals surface area contributed by atoms with Crippen molar-refractivity contribution in [3.63, 3.8) is 0 Å². The Bertz CT molecular complexity index is 552. The number of nitrogens with zero attached hydrogens (tertiary/aromatic N) is 1. The largest absolute Gasteiger partial charge is 0.493 e. The summed E-state index contributed by atoms with van der Waals surface area (Å²) in [7, 11) is 1.66. The van der Waals surface area contributed by atoms with Crippen LogP contribution < -0.4 is 14.8 Å². The summed E-state index contributed by atoms with van der Waals surface area (Å²) in [6.45, 7) is 4.00. The van der Waals surface area contributed by atoms with Gasteiger partial charge in [-0.3, -0.25) is 0 Å². The second kappa shape index (κ2) is 10.9. The van der Waals surface area contributed by atoms with E-state index in [4.69, 9.17) is 9.47 Å². The molecule has 1 saturated heterocycles. The van der Waals surface area contributed by atoms with Gasteiger partial charge < -0.3 is 24.8 Å². The summed E-state index contributed by atoms with van der Waals surface area (Å²) in [4.78, 5) is 2.30. The maximum atomic E-state index is 10.3. The summed E-state index contributed by atoms with van der Waals surface area (Å²) in [5, 5.41) is 14.0. The molecule has 0 spiro atoms. The van der Waals surface area contributed by atoms with Gasteiger partial charge in [-0.15, -0.1) is 0 Å². The van der Waals surface area contributed by atoms with Crippen molar-refractivity contribution in [2.45, 2.75) is 70.1 Å². The number of likely N-dealkylation sites (tertiary alicyclic amines) is 1. The van der Waals surface area contributed by atoms with E-state index >= 15 is 0 Å². The van der Waals surface area contributed by atoms with Gasteiger partial charge in [0.15, 0.2) is 11.5 Å². The minimum atomic E-state index is -0.472. The first-order chi connectivity index (χ1) is 13.2. The second-order valence-corrected chi connectivity index (χ2v) is 8.03. The number of hydrogen-bond donors (Lipinski definition) is 2. The highest BCUT2D eigenvalue weighted by atomic mass is 16.5. The van der Waals surface area contributed by atoms with E-state index in [1.165, 1.54) is 56.9 Å². The van der Waals surface area contributed by atoms with Crippen LogP contribution in [-0.4, -0.2) is 55.5 Å². The van der Waals surface area contributed by atoms with E-state index in [2.05, 4.69) is 16.3 Å². The molecule has 2 aliphatic rings. The van der Waals surface area contributed by atoms with Crippen molar-refractivity contribution < 1.29 is 14.6 Å². The molecule has 2 N–H and O–H groups in total. The molecule has 27 heavy (non-hydrogen) atoms. The van der Waals surface area contributed by atoms with E-state index in [0.717, 1.165) is 31.1 Å². The molecule has 1 atom stereocenters. The van der Waals surface area contributed by atoms with Gasteiger partial charge in [-0.1, -0.05) is 31.7 Å². The van der Waals surface area contributed by atoms with E-state index in [1.54, 1.807) is 7.11 Å². The molecule has 2 fully saturated rings. The zero-order valence-electron chi connectivity index (χ0n) is 16.8. The lowest BCUT2D eigenvalue weighted by Crippen LogP contribution is -2.33. The summed E-state index contributed by atoms with van der Waals surface area (Å²) < 4.78 is 11.4. The number of hydrogen-bond acceptors (Lipinski definition) is 5. The fourth-order valence-corrected chi connectivity index (χ4v) is 4.19. The molecule has 5 heteroatoms. The summed E-state index contributed by atoms with van der Waals surface area (Å²) >= 11 is 0. The maximum absolute atomic E-state index is 10.3. The van der Waals surface area contributed by atoms with E-state index in [1.807, 2.05) is 12.1 Å². The van der Waals surface area contributed by atoms with Crippen LogP contribution in [0.4, 0.5) is 0 Å². The maximum Gasteiger partial charge on any atom is 0.161 e. The highest BCUT2D eigenvalue weighted by Crippen LogP contribution is 2.28. The lowest BCUT2D eigenvalue weighted by Gasteiger charge is -2.21. The quantitative estimate of drug-likeness (QED) is 0.648. The molecule has 0 amide bonds. The number of aliphatic hydroxyl groups excluding tert-OH is 1. The van der Waals surface area contributed by atoms with E-state index in [9.17, 15) is 5.11 Å². The van der Waals surface area contributed by atoms with Gasteiger partial charge in [0.05, 0.1) is 7.11 Å². The lowest BCUT2D eigenvalue weighted by molar-refractivity contribution is 0.0746. The predicted molar refractivity (Wildman–Crippen MR) is 108 cm³/mol. The van der Waals surface area contributed by atoms with Crippen LogP contribution in [0.1, 0.15) is 56.9 Å². The average molecular weight is 377 g/mol. The van der Waals surface area contributed by atoms with Crippen molar-refractivity contribution in [1.29, 1.82) is 0 Å². The monoisotopic (exact) mass is 376 g/mol. The Balaban J connectivity index is 1.51. The van der Waals surface area contributed by atoms with Crippen LogP contribution in [0.25, 0.3) is 0 Å².